The third-order valence-corrected chi connectivity index (χ3v) is 7.23. The number of para-hydroxylation sites is 1. The number of hydrogen-bond donors (Lipinski definition) is 0. The molecule has 5 nitrogen and oxygen atoms in total. The highest BCUT2D eigenvalue weighted by Gasteiger charge is 2.23. The number of piperazine rings is 1. The van der Waals surface area contributed by atoms with E-state index in [4.69, 9.17) is 0 Å². The molecule has 0 saturated carbocycles. The summed E-state index contributed by atoms with van der Waals surface area (Å²) in [5, 5.41) is 2.41. The quantitative estimate of drug-likeness (QED) is 0.374. The lowest BCUT2D eigenvalue weighted by Gasteiger charge is -2.34. The summed E-state index contributed by atoms with van der Waals surface area (Å²) in [6, 6.07) is 25.5. The van der Waals surface area contributed by atoms with E-state index in [1.54, 1.807) is 0 Å². The molecule has 1 aliphatic rings. The molecule has 0 unspecified atom stereocenters. The van der Waals surface area contributed by atoms with E-state index in [0.29, 0.717) is 0 Å². The van der Waals surface area contributed by atoms with Gasteiger partial charge in [-0.3, -0.25) is 9.69 Å². The maximum absolute atomic E-state index is 13.4. The van der Waals surface area contributed by atoms with Crippen molar-refractivity contribution in [2.75, 3.05) is 53.4 Å². The van der Waals surface area contributed by atoms with E-state index >= 15 is 0 Å². The summed E-state index contributed by atoms with van der Waals surface area (Å²) >= 11 is 0. The van der Waals surface area contributed by atoms with Crippen LogP contribution in [0.1, 0.15) is 22.3 Å². The van der Waals surface area contributed by atoms with E-state index in [9.17, 15) is 4.79 Å². The molecular weight excluding hydrogens is 432 g/mol. The minimum absolute atomic E-state index is 0.152. The fourth-order valence-corrected chi connectivity index (χ4v) is 5.26. The molecule has 0 atom stereocenters. The van der Waals surface area contributed by atoms with Crippen molar-refractivity contribution in [3.63, 3.8) is 0 Å². The van der Waals surface area contributed by atoms with Gasteiger partial charge in [0.2, 0.25) is 0 Å². The smallest absolute Gasteiger partial charge is 0.253 e. The number of rotatable bonds is 8. The Labute approximate surface area is 208 Å². The Morgan fingerprint density at radius 2 is 1.51 bits per heavy atom. The topological polar surface area (TPSA) is 31.7 Å². The average molecular weight is 469 g/mol. The highest BCUT2D eigenvalue weighted by atomic mass is 16.2. The predicted molar refractivity (Wildman–Crippen MR) is 145 cm³/mol. The minimum Gasteiger partial charge on any atom is -0.340 e. The Morgan fingerprint density at radius 1 is 0.800 bits per heavy atom. The molecule has 0 spiro atoms. The third kappa shape index (κ3) is 5.26. The molecule has 1 aromatic heterocycles. The van der Waals surface area contributed by atoms with Crippen LogP contribution >= 0.6 is 0 Å². The van der Waals surface area contributed by atoms with Crippen molar-refractivity contribution in [1.29, 1.82) is 0 Å². The molecule has 182 valence electrons. The van der Waals surface area contributed by atoms with Gasteiger partial charge in [0.05, 0.1) is 0 Å². The van der Waals surface area contributed by atoms with Gasteiger partial charge in [0.15, 0.2) is 0 Å². The fourth-order valence-electron chi connectivity index (χ4n) is 5.26. The van der Waals surface area contributed by atoms with Crippen LogP contribution in [-0.4, -0.2) is 78.5 Å². The van der Waals surface area contributed by atoms with Crippen molar-refractivity contribution in [3.05, 3.63) is 83.9 Å². The van der Waals surface area contributed by atoms with Gasteiger partial charge in [-0.2, -0.15) is 0 Å². The van der Waals surface area contributed by atoms with E-state index in [0.717, 1.165) is 64.2 Å². The fraction of sp³-hybridized carbons (Fsp3) is 0.367. The van der Waals surface area contributed by atoms with Gasteiger partial charge in [-0.05, 0) is 63.3 Å². The molecule has 2 heterocycles. The number of aromatic nitrogens is 1. The van der Waals surface area contributed by atoms with Gasteiger partial charge in [0, 0.05) is 66.6 Å². The predicted octanol–water partition coefficient (Wildman–Crippen LogP) is 4.75. The van der Waals surface area contributed by atoms with Gasteiger partial charge in [0.1, 0.15) is 0 Å². The first-order chi connectivity index (χ1) is 17.1. The van der Waals surface area contributed by atoms with Gasteiger partial charge in [-0.1, -0.05) is 48.5 Å². The van der Waals surface area contributed by atoms with Crippen LogP contribution in [0.2, 0.25) is 0 Å². The number of nitrogens with zero attached hydrogens (tertiary/aromatic N) is 4. The van der Waals surface area contributed by atoms with Crippen molar-refractivity contribution in [2.24, 2.45) is 0 Å². The van der Waals surface area contributed by atoms with Crippen molar-refractivity contribution in [3.8, 4) is 0 Å². The van der Waals surface area contributed by atoms with Crippen LogP contribution in [-0.2, 0) is 13.0 Å². The Kier molecular flexibility index (Phi) is 7.16. The van der Waals surface area contributed by atoms with Crippen LogP contribution in [0.5, 0.6) is 0 Å². The number of aryl methyl sites for hydroxylation is 1. The summed E-state index contributed by atoms with van der Waals surface area (Å²) in [4.78, 5) is 20.1. The van der Waals surface area contributed by atoms with Crippen molar-refractivity contribution in [2.45, 2.75) is 19.4 Å². The molecular formula is C30H36N4O. The number of carbonyl (C=O) groups is 1. The van der Waals surface area contributed by atoms with Gasteiger partial charge >= 0.3 is 0 Å². The number of benzene rings is 3. The second kappa shape index (κ2) is 10.6. The van der Waals surface area contributed by atoms with Crippen LogP contribution in [0.15, 0.2) is 72.8 Å². The van der Waals surface area contributed by atoms with E-state index < -0.39 is 0 Å². The lowest BCUT2D eigenvalue weighted by atomic mass is 10.1. The summed E-state index contributed by atoms with van der Waals surface area (Å²) in [7, 11) is 4.24. The first-order valence-corrected chi connectivity index (χ1v) is 12.8. The molecule has 4 aromatic rings. The Balaban J connectivity index is 1.28. The van der Waals surface area contributed by atoms with Crippen LogP contribution < -0.4 is 0 Å². The van der Waals surface area contributed by atoms with Crippen LogP contribution in [0.25, 0.3) is 21.8 Å². The van der Waals surface area contributed by atoms with Crippen LogP contribution in [0.4, 0.5) is 0 Å². The largest absolute Gasteiger partial charge is 0.340 e. The average Bonchev–Trinajstić information content (AvgIpc) is 3.21. The summed E-state index contributed by atoms with van der Waals surface area (Å²) in [5.41, 5.74) is 4.64. The maximum atomic E-state index is 13.4. The van der Waals surface area contributed by atoms with Gasteiger partial charge in [-0.25, -0.2) is 0 Å². The summed E-state index contributed by atoms with van der Waals surface area (Å²) < 4.78 is 2.41. The molecule has 3 aromatic carbocycles. The van der Waals surface area contributed by atoms with Gasteiger partial charge in [-0.15, -0.1) is 0 Å². The molecule has 1 aliphatic heterocycles. The molecule has 1 saturated heterocycles. The highest BCUT2D eigenvalue weighted by molar-refractivity contribution is 6.10. The monoisotopic (exact) mass is 468 g/mol. The summed E-state index contributed by atoms with van der Waals surface area (Å²) in [6.45, 7) is 6.53. The summed E-state index contributed by atoms with van der Waals surface area (Å²) in [6.07, 6.45) is 2.15. The number of fused-ring (bicyclic) bond motifs is 3. The second-order valence-electron chi connectivity index (χ2n) is 9.93. The normalized spacial score (nSPS) is 14.9. The highest BCUT2D eigenvalue weighted by Crippen LogP contribution is 2.30. The molecule has 0 bridgehead atoms. The molecule has 0 radical (unpaired) electrons. The van der Waals surface area contributed by atoms with Crippen molar-refractivity contribution in [1.82, 2.24) is 19.3 Å². The molecule has 0 aliphatic carbocycles. The Hall–Kier alpha value is -3.15. The lowest BCUT2D eigenvalue weighted by Crippen LogP contribution is -2.49. The molecule has 5 heteroatoms. The molecule has 5 rings (SSSR count). The molecule has 1 amide bonds. The van der Waals surface area contributed by atoms with Crippen LogP contribution in [0, 0.1) is 0 Å². The minimum atomic E-state index is 0.152. The number of hydrogen-bond acceptors (Lipinski definition) is 3. The Morgan fingerprint density at radius 3 is 2.29 bits per heavy atom. The van der Waals surface area contributed by atoms with Gasteiger partial charge in [0.25, 0.3) is 5.91 Å². The maximum Gasteiger partial charge on any atom is 0.253 e. The standard InChI is InChI=1S/C30H36N4O/c1-31(2)16-8-17-34-28-12-7-6-11-26(28)27-23-25(13-14-29(27)34)30(35)33-21-19-32(20-22-33)18-15-24-9-4-3-5-10-24/h3-7,9-14,23H,8,15-22H2,1-2H3. The first-order valence-electron chi connectivity index (χ1n) is 12.8. The zero-order valence-electron chi connectivity index (χ0n) is 21.0. The van der Waals surface area contributed by atoms with Gasteiger partial charge < -0.3 is 14.4 Å². The van der Waals surface area contributed by atoms with E-state index in [1.165, 1.54) is 27.4 Å². The number of carbonyl (C=O) groups excluding carboxylic acids is 1. The third-order valence-electron chi connectivity index (χ3n) is 7.23. The molecule has 0 N–H and O–H groups in total. The van der Waals surface area contributed by atoms with E-state index in [2.05, 4.69) is 95.2 Å². The SMILES string of the molecule is CN(C)CCCn1c2ccccc2c2cc(C(=O)N3CCN(CCc4ccccc4)CC3)ccc21. The van der Waals surface area contributed by atoms with E-state index in [1.807, 2.05) is 11.0 Å². The molecule has 1 fully saturated rings. The molecule has 35 heavy (non-hydrogen) atoms. The lowest BCUT2D eigenvalue weighted by molar-refractivity contribution is 0.0638. The number of amides is 1. The van der Waals surface area contributed by atoms with Crippen molar-refractivity contribution < 1.29 is 4.79 Å². The van der Waals surface area contributed by atoms with Crippen LogP contribution in [0.3, 0.4) is 0 Å². The summed E-state index contributed by atoms with van der Waals surface area (Å²) in [5.74, 6) is 0.152. The zero-order valence-corrected chi connectivity index (χ0v) is 21.0. The van der Waals surface area contributed by atoms with E-state index in [-0.39, 0.29) is 5.91 Å². The second-order valence-corrected chi connectivity index (χ2v) is 9.93. The first kappa shape index (κ1) is 23.6. The van der Waals surface area contributed by atoms with Crippen molar-refractivity contribution >= 4 is 27.7 Å². The zero-order chi connectivity index (χ0) is 24.2. The Bertz CT molecular complexity index is 1290.